The van der Waals surface area contributed by atoms with E-state index < -0.39 is 28.3 Å². The van der Waals surface area contributed by atoms with Crippen molar-refractivity contribution in [3.05, 3.63) is 167 Å². The van der Waals surface area contributed by atoms with Crippen LogP contribution in [0.25, 0.3) is 11.1 Å². The summed E-state index contributed by atoms with van der Waals surface area (Å²) in [5.41, 5.74) is 7.28. The third-order valence-electron chi connectivity index (χ3n) is 10.0. The Morgan fingerprint density at radius 3 is 2.26 bits per heavy atom. The number of benzene rings is 5. The van der Waals surface area contributed by atoms with Gasteiger partial charge in [0.05, 0.1) is 23.7 Å². The van der Waals surface area contributed by atoms with Crippen molar-refractivity contribution in [1.29, 1.82) is 0 Å². The second kappa shape index (κ2) is 18.4. The van der Waals surface area contributed by atoms with Gasteiger partial charge in [-0.3, -0.25) is 9.89 Å². The minimum atomic E-state index is -3.96. The molecule has 2 heterocycles. The minimum Gasteiger partial charge on any atom is -0.392 e. The second-order valence-electron chi connectivity index (χ2n) is 14.1. The van der Waals surface area contributed by atoms with Gasteiger partial charge in [0.15, 0.2) is 11.4 Å². The van der Waals surface area contributed by atoms with Gasteiger partial charge in [0.25, 0.3) is 0 Å². The molecule has 1 aliphatic heterocycles. The Hall–Kier alpha value is -5.15. The standard InChI is InChI=1S/C44H45N5O6S2/c1-29-11-21-38(22-12-29)57(52,53)49-39(24-31-7-4-3-5-8-31)42(51)45-25-33-9-6-10-37(23-33)34-17-19-36(20-18-34)43-54-40(27-56-44-46-28-47-48-44)30(2)41(55-43)35-15-13-32(26-50)14-16-35/h3-23,28,30,39-41,43,49-50H,24-27H2,1-2H3,(H,45,51)(H,46,47,48)/t30-,39+,40+,41+,43+/m0/s1. The van der Waals surface area contributed by atoms with Crippen LogP contribution < -0.4 is 10.0 Å². The van der Waals surface area contributed by atoms with E-state index in [0.717, 1.165) is 49.7 Å². The second-order valence-corrected chi connectivity index (χ2v) is 16.9. The Balaban J connectivity index is 1.04. The van der Waals surface area contributed by atoms with E-state index in [-0.39, 0.29) is 42.6 Å². The van der Waals surface area contributed by atoms with E-state index in [1.54, 1.807) is 23.9 Å². The maximum Gasteiger partial charge on any atom is 0.241 e. The Morgan fingerprint density at radius 1 is 0.842 bits per heavy atom. The van der Waals surface area contributed by atoms with Crippen LogP contribution in [0.5, 0.6) is 0 Å². The summed E-state index contributed by atoms with van der Waals surface area (Å²) in [5.74, 6) is 0.251. The van der Waals surface area contributed by atoms with Gasteiger partial charge in [-0.05, 0) is 64.9 Å². The first-order chi connectivity index (χ1) is 27.6. The summed E-state index contributed by atoms with van der Waals surface area (Å²) in [5, 5.41) is 20.1. The van der Waals surface area contributed by atoms with Gasteiger partial charge >= 0.3 is 0 Å². The topological polar surface area (TPSA) is 156 Å². The molecule has 0 aliphatic carbocycles. The number of aromatic nitrogens is 3. The molecule has 4 N–H and O–H groups in total. The van der Waals surface area contributed by atoms with E-state index in [4.69, 9.17) is 9.47 Å². The summed E-state index contributed by atoms with van der Waals surface area (Å²) in [6.45, 7) is 4.19. The summed E-state index contributed by atoms with van der Waals surface area (Å²) in [4.78, 5) is 18.0. The van der Waals surface area contributed by atoms with Gasteiger partial charge in [-0.25, -0.2) is 13.4 Å². The third-order valence-corrected chi connectivity index (χ3v) is 12.5. The normalized spacial score (nSPS) is 18.9. The summed E-state index contributed by atoms with van der Waals surface area (Å²) in [6.07, 6.45) is 0.662. The van der Waals surface area contributed by atoms with Crippen molar-refractivity contribution in [2.45, 2.75) is 68.0 Å². The van der Waals surface area contributed by atoms with Crippen LogP contribution in [0.2, 0.25) is 0 Å². The fourth-order valence-corrected chi connectivity index (χ4v) is 8.89. The number of rotatable bonds is 15. The third kappa shape index (κ3) is 10.2. The molecule has 11 nitrogen and oxygen atoms in total. The summed E-state index contributed by atoms with van der Waals surface area (Å²) < 4.78 is 42.5. The molecular weight excluding hydrogens is 759 g/mol. The van der Waals surface area contributed by atoms with Crippen LogP contribution in [0, 0.1) is 12.8 Å². The molecule has 0 bridgehead atoms. The molecular formula is C44H45N5O6S2. The summed E-state index contributed by atoms with van der Waals surface area (Å²) in [6, 6.07) is 38.6. The molecule has 1 aliphatic rings. The Bertz CT molecular complexity index is 2330. The van der Waals surface area contributed by atoms with Gasteiger partial charge in [0.2, 0.25) is 15.9 Å². The van der Waals surface area contributed by atoms with Gasteiger partial charge in [0, 0.05) is 23.8 Å². The number of hydrogen-bond donors (Lipinski definition) is 4. The molecule has 0 radical (unpaired) electrons. The van der Waals surface area contributed by atoms with Gasteiger partial charge in [-0.2, -0.15) is 9.82 Å². The first-order valence-electron chi connectivity index (χ1n) is 18.7. The smallest absolute Gasteiger partial charge is 0.241 e. The monoisotopic (exact) mass is 803 g/mol. The average Bonchev–Trinajstić information content (AvgIpc) is 3.77. The van der Waals surface area contributed by atoms with Crippen molar-refractivity contribution in [3.63, 3.8) is 0 Å². The number of aryl methyl sites for hydroxylation is 1. The first kappa shape index (κ1) is 40.1. The lowest BCUT2D eigenvalue weighted by Gasteiger charge is -2.41. The molecule has 0 spiro atoms. The van der Waals surface area contributed by atoms with Crippen LogP contribution in [0.15, 0.2) is 144 Å². The number of hydrogen-bond acceptors (Lipinski definition) is 9. The molecule has 0 saturated carbocycles. The highest BCUT2D eigenvalue weighted by Crippen LogP contribution is 2.43. The van der Waals surface area contributed by atoms with Crippen LogP contribution >= 0.6 is 11.8 Å². The zero-order valence-electron chi connectivity index (χ0n) is 31.6. The van der Waals surface area contributed by atoms with E-state index >= 15 is 0 Å². The number of carbonyl (C=O) groups excluding carboxylic acids is 1. The van der Waals surface area contributed by atoms with Crippen LogP contribution in [-0.2, 0) is 43.9 Å². The molecule has 1 amide bonds. The maximum atomic E-state index is 13.6. The number of aliphatic hydroxyl groups excluding tert-OH is 1. The molecule has 0 unspecified atom stereocenters. The van der Waals surface area contributed by atoms with Crippen molar-refractivity contribution < 1.29 is 27.8 Å². The molecule has 1 aromatic heterocycles. The van der Waals surface area contributed by atoms with Crippen molar-refractivity contribution >= 4 is 27.7 Å². The summed E-state index contributed by atoms with van der Waals surface area (Å²) in [7, 11) is -3.96. The SMILES string of the molecule is Cc1ccc(S(=O)(=O)N[C@H](Cc2ccccc2)C(=O)NCc2cccc(-c3ccc([C@@H]4O[C@H](CSc5ncn[nH]5)[C@H](C)[C@H](c5ccc(CO)cc5)O4)cc3)c2)cc1. The molecule has 57 heavy (non-hydrogen) atoms. The van der Waals surface area contributed by atoms with Gasteiger partial charge < -0.3 is 19.9 Å². The number of aromatic amines is 1. The molecule has 5 atom stereocenters. The lowest BCUT2D eigenvalue weighted by Crippen LogP contribution is -2.47. The molecule has 1 saturated heterocycles. The highest BCUT2D eigenvalue weighted by molar-refractivity contribution is 7.99. The van der Waals surface area contributed by atoms with E-state index in [2.05, 4.69) is 32.1 Å². The molecule has 5 aromatic carbocycles. The van der Waals surface area contributed by atoms with Crippen molar-refractivity contribution in [1.82, 2.24) is 25.2 Å². The van der Waals surface area contributed by atoms with E-state index in [1.165, 1.54) is 18.5 Å². The minimum absolute atomic E-state index is 0.0262. The zero-order valence-corrected chi connectivity index (χ0v) is 33.2. The van der Waals surface area contributed by atoms with E-state index in [0.29, 0.717) is 5.75 Å². The highest BCUT2D eigenvalue weighted by atomic mass is 32.2. The van der Waals surface area contributed by atoms with Crippen molar-refractivity contribution in [2.75, 3.05) is 5.75 Å². The van der Waals surface area contributed by atoms with Crippen LogP contribution in [0.1, 0.15) is 52.7 Å². The predicted molar refractivity (Wildman–Crippen MR) is 219 cm³/mol. The fraction of sp³-hybridized carbons (Fsp3) is 0.250. The van der Waals surface area contributed by atoms with E-state index in [9.17, 15) is 18.3 Å². The number of carbonyl (C=O) groups is 1. The fourth-order valence-electron chi connectivity index (χ4n) is 6.75. The Labute approximate surface area is 337 Å². The number of amides is 1. The number of ether oxygens (including phenoxy) is 2. The van der Waals surface area contributed by atoms with Gasteiger partial charge in [0.1, 0.15) is 12.4 Å². The van der Waals surface area contributed by atoms with Crippen LogP contribution in [0.4, 0.5) is 0 Å². The number of aliphatic hydroxyl groups is 1. The number of thioether (sulfide) groups is 1. The first-order valence-corrected chi connectivity index (χ1v) is 21.2. The molecule has 13 heteroatoms. The van der Waals surface area contributed by atoms with Gasteiger partial charge in [-0.1, -0.05) is 133 Å². The lowest BCUT2D eigenvalue weighted by molar-refractivity contribution is -0.268. The zero-order chi connectivity index (χ0) is 39.8. The van der Waals surface area contributed by atoms with E-state index in [1.807, 2.05) is 110 Å². The average molecular weight is 804 g/mol. The van der Waals surface area contributed by atoms with Crippen molar-refractivity contribution in [3.8, 4) is 11.1 Å². The lowest BCUT2D eigenvalue weighted by atomic mass is 9.91. The largest absolute Gasteiger partial charge is 0.392 e. The highest BCUT2D eigenvalue weighted by Gasteiger charge is 2.38. The molecule has 6 aromatic rings. The molecule has 294 valence electrons. The van der Waals surface area contributed by atoms with Gasteiger partial charge in [-0.15, -0.1) is 0 Å². The molecule has 1 fully saturated rings. The predicted octanol–water partition coefficient (Wildman–Crippen LogP) is 7.06. The molecule has 7 rings (SSSR count). The summed E-state index contributed by atoms with van der Waals surface area (Å²) >= 11 is 1.55. The number of H-pyrrole nitrogens is 1. The van der Waals surface area contributed by atoms with Crippen LogP contribution in [-0.4, -0.2) is 52.5 Å². The van der Waals surface area contributed by atoms with Crippen molar-refractivity contribution in [2.24, 2.45) is 5.92 Å². The van der Waals surface area contributed by atoms with Crippen LogP contribution in [0.3, 0.4) is 0 Å². The number of nitrogens with zero attached hydrogens (tertiary/aromatic N) is 2. The number of nitrogens with one attached hydrogen (secondary N) is 3. The quantitative estimate of drug-likeness (QED) is 0.0799. The number of sulfonamides is 1. The maximum absolute atomic E-state index is 13.6. The Kier molecular flexibility index (Phi) is 12.9. The Morgan fingerprint density at radius 2 is 1.56 bits per heavy atom.